The average Bonchev–Trinajstić information content (AvgIpc) is 3.32. The summed E-state index contributed by atoms with van der Waals surface area (Å²) in [6, 6.07) is -3.44. The van der Waals surface area contributed by atoms with Crippen LogP contribution in [0.3, 0.4) is 0 Å². The number of aliphatic hydroxyl groups excluding tert-OH is 7. The van der Waals surface area contributed by atoms with Crippen LogP contribution in [-0.2, 0) is 33.3 Å². The maximum Gasteiger partial charge on any atom is 0.217 e. The van der Waals surface area contributed by atoms with Crippen molar-refractivity contribution >= 4 is 28.6 Å². The first kappa shape index (κ1) is 33.4. The Balaban J connectivity index is 1.58. The van der Waals surface area contributed by atoms with Crippen molar-refractivity contribution in [2.45, 2.75) is 112 Å². The van der Waals surface area contributed by atoms with Crippen LogP contribution in [0.25, 0.3) is 0 Å². The minimum Gasteiger partial charge on any atom is -0.394 e. The lowest BCUT2D eigenvalue weighted by molar-refractivity contribution is -0.345. The van der Waals surface area contributed by atoms with Crippen LogP contribution < -0.4 is 10.6 Å². The summed E-state index contributed by atoms with van der Waals surface area (Å²) in [6.07, 6.45) is -15.6. The number of ether oxygens (including phenoxy) is 5. The first-order valence-corrected chi connectivity index (χ1v) is 14.4. The van der Waals surface area contributed by atoms with Gasteiger partial charge in [-0.25, -0.2) is 0 Å². The Morgan fingerprint density at radius 1 is 0.762 bits per heavy atom. The molecule has 4 heterocycles. The first-order chi connectivity index (χ1) is 19.9. The Morgan fingerprint density at radius 2 is 1.24 bits per heavy atom. The number of hydrogen-bond acceptors (Lipinski definition) is 16. The van der Waals surface area contributed by atoms with Crippen molar-refractivity contribution in [3.8, 4) is 0 Å². The summed E-state index contributed by atoms with van der Waals surface area (Å²) < 4.78 is 29.3. The van der Waals surface area contributed by atoms with E-state index in [9.17, 15) is 45.3 Å². The molecule has 42 heavy (non-hydrogen) atoms. The molecule has 0 radical (unpaired) electrons. The predicted octanol–water partition coefficient (Wildman–Crippen LogP) is -5.10. The maximum atomic E-state index is 12.1. The van der Waals surface area contributed by atoms with Crippen molar-refractivity contribution in [3.63, 3.8) is 0 Å². The zero-order chi connectivity index (χ0) is 30.9. The predicted molar refractivity (Wildman–Crippen MR) is 141 cm³/mol. The molecule has 240 valence electrons. The van der Waals surface area contributed by atoms with Gasteiger partial charge in [-0.05, 0) is 6.92 Å². The molecule has 3 fully saturated rings. The van der Waals surface area contributed by atoms with Gasteiger partial charge in [-0.3, -0.25) is 14.6 Å². The fraction of sp³-hybridized carbons (Fsp3) is 0.875. The van der Waals surface area contributed by atoms with Gasteiger partial charge in [0.1, 0.15) is 78.5 Å². The fourth-order valence-corrected chi connectivity index (χ4v) is 6.58. The number of aliphatic imine (C=N–C) groups is 1. The van der Waals surface area contributed by atoms with Crippen LogP contribution in [0.5, 0.6) is 0 Å². The number of rotatable bonds is 9. The highest BCUT2D eigenvalue weighted by atomic mass is 32.2. The van der Waals surface area contributed by atoms with Gasteiger partial charge in [0.25, 0.3) is 0 Å². The Bertz CT molecular complexity index is 994. The average molecular weight is 626 g/mol. The molecule has 3 saturated heterocycles. The zero-order valence-corrected chi connectivity index (χ0v) is 23.9. The second-order valence-corrected chi connectivity index (χ2v) is 11.8. The molecule has 0 aromatic heterocycles. The number of carbonyl (C=O) groups excluding carboxylic acids is 2. The van der Waals surface area contributed by atoms with Crippen molar-refractivity contribution in [2.24, 2.45) is 4.99 Å². The van der Waals surface area contributed by atoms with Crippen LogP contribution in [0.1, 0.15) is 20.8 Å². The van der Waals surface area contributed by atoms with Gasteiger partial charge in [-0.1, -0.05) is 11.8 Å². The van der Waals surface area contributed by atoms with E-state index in [1.54, 1.807) is 6.92 Å². The number of hydrogen-bond donors (Lipinski definition) is 9. The highest BCUT2D eigenvalue weighted by Gasteiger charge is 2.55. The molecule has 18 heteroatoms. The number of carbonyl (C=O) groups is 2. The van der Waals surface area contributed by atoms with E-state index in [1.165, 1.54) is 18.7 Å². The van der Waals surface area contributed by atoms with Crippen LogP contribution >= 0.6 is 11.8 Å². The van der Waals surface area contributed by atoms with Gasteiger partial charge < -0.3 is 70.1 Å². The third kappa shape index (κ3) is 6.90. The lowest BCUT2D eigenvalue weighted by Crippen LogP contribution is -2.70. The smallest absolute Gasteiger partial charge is 0.217 e. The lowest BCUT2D eigenvalue weighted by atomic mass is 9.94. The van der Waals surface area contributed by atoms with Gasteiger partial charge in [-0.2, -0.15) is 0 Å². The van der Waals surface area contributed by atoms with Crippen LogP contribution in [0, 0.1) is 0 Å². The van der Waals surface area contributed by atoms with E-state index in [0.29, 0.717) is 5.04 Å². The van der Waals surface area contributed by atoms with Crippen molar-refractivity contribution in [2.75, 3.05) is 19.8 Å². The van der Waals surface area contributed by atoms with E-state index in [0.717, 1.165) is 6.92 Å². The SMILES string of the molecule is CC(=O)N[C@H]1[C@H](O[C@H]2[C@H](O)[C@H]3N=C(C)S[C@H]3O[C@@H]2CO)O[C@H](CO)[C@@H](O[C@@H]2O[C@H](CO)[C@@H](O)[C@H](O)[C@H]2NC(C)=O)[C@@H]1O. The summed E-state index contributed by atoms with van der Waals surface area (Å²) in [5.74, 6) is -1.21. The summed E-state index contributed by atoms with van der Waals surface area (Å²) in [5, 5.41) is 78.7. The maximum absolute atomic E-state index is 12.1. The molecule has 0 aromatic carbocycles. The van der Waals surface area contributed by atoms with E-state index in [4.69, 9.17) is 23.7 Å². The van der Waals surface area contributed by atoms with Crippen molar-refractivity contribution in [1.82, 2.24) is 10.6 Å². The van der Waals surface area contributed by atoms with E-state index in [-0.39, 0.29) is 0 Å². The molecule has 0 aliphatic carbocycles. The number of thioether (sulfide) groups is 1. The van der Waals surface area contributed by atoms with Crippen LogP contribution in [0.2, 0.25) is 0 Å². The Morgan fingerprint density at radius 3 is 1.76 bits per heavy atom. The second kappa shape index (κ2) is 14.1. The molecule has 9 N–H and O–H groups in total. The van der Waals surface area contributed by atoms with Gasteiger partial charge in [0.05, 0.1) is 24.9 Å². The summed E-state index contributed by atoms with van der Waals surface area (Å²) in [5.41, 5.74) is -0.548. The topological polar surface area (TPSA) is 258 Å². The van der Waals surface area contributed by atoms with E-state index in [2.05, 4.69) is 15.6 Å². The van der Waals surface area contributed by atoms with Crippen LogP contribution in [0.15, 0.2) is 4.99 Å². The Labute approximate surface area is 245 Å². The normalized spacial score (nSPS) is 45.6. The van der Waals surface area contributed by atoms with Crippen molar-refractivity contribution in [1.29, 1.82) is 0 Å². The highest BCUT2D eigenvalue weighted by Crippen LogP contribution is 2.39. The molecule has 15 atom stereocenters. The zero-order valence-electron chi connectivity index (χ0n) is 23.1. The number of nitrogens with one attached hydrogen (secondary N) is 2. The molecule has 0 saturated carbocycles. The van der Waals surface area contributed by atoms with Gasteiger partial charge in [0, 0.05) is 13.8 Å². The molecule has 0 unspecified atom stereocenters. The Hall–Kier alpha value is -1.52. The molecule has 17 nitrogen and oxygen atoms in total. The summed E-state index contributed by atoms with van der Waals surface area (Å²) in [6.45, 7) is 2.06. The number of aliphatic hydroxyl groups is 7. The molecule has 2 amide bonds. The minimum absolute atomic E-state index is 0.538. The molecule has 4 aliphatic heterocycles. The minimum atomic E-state index is -1.67. The molecule has 4 aliphatic rings. The van der Waals surface area contributed by atoms with Crippen molar-refractivity contribution in [3.05, 3.63) is 0 Å². The molecule has 0 bridgehead atoms. The molecular weight excluding hydrogens is 586 g/mol. The fourth-order valence-electron chi connectivity index (χ4n) is 5.50. The summed E-state index contributed by atoms with van der Waals surface area (Å²) >= 11 is 1.29. The van der Waals surface area contributed by atoms with Crippen LogP contribution in [0.4, 0.5) is 0 Å². The Kier molecular flexibility index (Phi) is 11.2. The second-order valence-electron chi connectivity index (χ2n) is 10.5. The quantitative estimate of drug-likeness (QED) is 0.116. The highest BCUT2D eigenvalue weighted by molar-refractivity contribution is 8.14. The number of amides is 2. The number of fused-ring (bicyclic) bond motifs is 1. The van der Waals surface area contributed by atoms with Gasteiger partial charge >= 0.3 is 0 Å². The first-order valence-electron chi connectivity index (χ1n) is 13.5. The van der Waals surface area contributed by atoms with E-state index >= 15 is 0 Å². The standard InChI is InChI=1S/C24H39N3O14S/c1-7(31)25-13-17(34)16(33)10(4-28)37-22(13)40-20-11(5-29)38-23(14(18(20)35)26-8(2)32)41-21-12(6-30)39-24-15(19(21)36)27-9(3)42-24/h10-24,28-30,33-36H,4-6H2,1-3H3,(H,25,31)(H,26,32)/t10-,11-,12-,13-,14-,15-,16-,17-,18-,19-,20-,21-,22+,23+,24-/m1/s1. The van der Waals surface area contributed by atoms with Crippen molar-refractivity contribution < 1.29 is 69.0 Å². The van der Waals surface area contributed by atoms with E-state index < -0.39 is 123 Å². The lowest BCUT2D eigenvalue weighted by Gasteiger charge is -2.49. The summed E-state index contributed by atoms with van der Waals surface area (Å²) in [4.78, 5) is 28.3. The molecule has 4 rings (SSSR count). The van der Waals surface area contributed by atoms with Gasteiger partial charge in [0.15, 0.2) is 12.6 Å². The van der Waals surface area contributed by atoms with Gasteiger partial charge in [-0.15, -0.1) is 0 Å². The summed E-state index contributed by atoms with van der Waals surface area (Å²) in [7, 11) is 0. The molecule has 0 spiro atoms. The number of nitrogens with zero attached hydrogens (tertiary/aromatic N) is 1. The third-order valence-corrected chi connectivity index (χ3v) is 8.56. The van der Waals surface area contributed by atoms with E-state index in [1.807, 2.05) is 0 Å². The monoisotopic (exact) mass is 625 g/mol. The molecular formula is C24H39N3O14S. The van der Waals surface area contributed by atoms with Crippen LogP contribution in [-0.4, -0.2) is 164 Å². The molecule has 0 aromatic rings. The third-order valence-electron chi connectivity index (χ3n) is 7.49. The van der Waals surface area contributed by atoms with Gasteiger partial charge in [0.2, 0.25) is 11.8 Å². The largest absolute Gasteiger partial charge is 0.394 e.